The molecule has 1 aliphatic heterocycles. The molecule has 0 bridgehead atoms. The number of piperazine rings is 1. The van der Waals surface area contributed by atoms with Crippen LogP contribution in [-0.4, -0.2) is 47.6 Å². The number of hydrogen-bond acceptors (Lipinski definition) is 5. The maximum absolute atomic E-state index is 6.37. The van der Waals surface area contributed by atoms with Crippen molar-refractivity contribution in [2.45, 2.75) is 20.8 Å². The van der Waals surface area contributed by atoms with Crippen molar-refractivity contribution in [1.29, 1.82) is 0 Å². The lowest BCUT2D eigenvalue weighted by molar-refractivity contribution is 0.270. The zero-order chi connectivity index (χ0) is 17.1. The van der Waals surface area contributed by atoms with E-state index in [2.05, 4.69) is 38.1 Å². The number of aryl methyl sites for hydroxylation is 2. The van der Waals surface area contributed by atoms with Gasteiger partial charge in [0.25, 0.3) is 0 Å². The Morgan fingerprint density at radius 1 is 1.17 bits per heavy atom. The molecule has 1 aromatic heterocycles. The van der Waals surface area contributed by atoms with Crippen molar-refractivity contribution in [2.75, 3.05) is 42.9 Å². The first-order chi connectivity index (χ1) is 11.6. The van der Waals surface area contributed by atoms with E-state index in [9.17, 15) is 0 Å². The zero-order valence-corrected chi connectivity index (χ0v) is 15.3. The van der Waals surface area contributed by atoms with Crippen LogP contribution in [0, 0.1) is 13.8 Å². The number of aromatic nitrogens is 2. The van der Waals surface area contributed by atoms with Crippen LogP contribution in [0.1, 0.15) is 18.1 Å². The van der Waals surface area contributed by atoms with Crippen LogP contribution in [-0.2, 0) is 0 Å². The highest BCUT2D eigenvalue weighted by Crippen LogP contribution is 2.29. The van der Waals surface area contributed by atoms with E-state index >= 15 is 0 Å². The van der Waals surface area contributed by atoms with Crippen LogP contribution in [0.4, 0.5) is 17.5 Å². The molecule has 1 aliphatic rings. The van der Waals surface area contributed by atoms with E-state index in [1.54, 1.807) is 6.20 Å². The van der Waals surface area contributed by atoms with Crippen LogP contribution in [0.5, 0.6) is 0 Å². The summed E-state index contributed by atoms with van der Waals surface area (Å²) in [5, 5.41) is 3.97. The first kappa shape index (κ1) is 17.0. The van der Waals surface area contributed by atoms with Gasteiger partial charge in [-0.3, -0.25) is 0 Å². The number of likely N-dealkylation sites (N-methyl/N-ethyl adjacent to an activating group) is 1. The van der Waals surface area contributed by atoms with Crippen LogP contribution < -0.4 is 10.2 Å². The second-order valence-electron chi connectivity index (χ2n) is 6.22. The fraction of sp³-hybridized carbons (Fsp3) is 0.444. The molecule has 0 spiro atoms. The van der Waals surface area contributed by atoms with E-state index in [0.29, 0.717) is 11.0 Å². The highest BCUT2D eigenvalue weighted by molar-refractivity contribution is 6.33. The van der Waals surface area contributed by atoms with Gasteiger partial charge in [-0.15, -0.1) is 0 Å². The minimum absolute atomic E-state index is 0.583. The first-order valence-corrected chi connectivity index (χ1v) is 8.78. The van der Waals surface area contributed by atoms with Crippen molar-refractivity contribution < 1.29 is 0 Å². The van der Waals surface area contributed by atoms with Crippen LogP contribution in [0.15, 0.2) is 24.4 Å². The molecule has 24 heavy (non-hydrogen) atoms. The van der Waals surface area contributed by atoms with E-state index in [1.165, 1.54) is 0 Å². The highest BCUT2D eigenvalue weighted by atomic mass is 35.5. The van der Waals surface area contributed by atoms with Crippen molar-refractivity contribution in [3.8, 4) is 0 Å². The molecule has 0 atom stereocenters. The molecule has 5 nitrogen and oxygen atoms in total. The Bertz CT molecular complexity index is 687. The smallest absolute Gasteiger partial charge is 0.229 e. The number of nitrogens with one attached hydrogen (secondary N) is 1. The summed E-state index contributed by atoms with van der Waals surface area (Å²) in [6, 6.07) is 6.02. The van der Waals surface area contributed by atoms with E-state index in [4.69, 9.17) is 11.6 Å². The van der Waals surface area contributed by atoms with Gasteiger partial charge in [-0.05, 0) is 43.7 Å². The molecule has 1 N–H and O–H groups in total. The lowest BCUT2D eigenvalue weighted by Gasteiger charge is -2.34. The number of nitrogens with zero attached hydrogens (tertiary/aromatic N) is 4. The number of halogens is 1. The topological polar surface area (TPSA) is 44.3 Å². The monoisotopic (exact) mass is 345 g/mol. The Balaban J connectivity index is 1.77. The Kier molecular flexibility index (Phi) is 5.21. The Hall–Kier alpha value is -1.85. The molecule has 1 aromatic carbocycles. The number of hydrogen-bond donors (Lipinski definition) is 1. The molecular formula is C18H24ClN5. The summed E-state index contributed by atoms with van der Waals surface area (Å²) in [5.41, 5.74) is 3.10. The van der Waals surface area contributed by atoms with Crippen molar-refractivity contribution in [3.63, 3.8) is 0 Å². The minimum atomic E-state index is 0.583. The standard InChI is InChI=1S/C18H24ClN5/c1-4-23-7-9-24(10-8-23)16-5-6-20-18(21-16)22-17-14(3)11-13(2)12-15(17)19/h5-6,11-12H,4,7-10H2,1-3H3,(H,20,21,22). The number of rotatable bonds is 4. The summed E-state index contributed by atoms with van der Waals surface area (Å²) in [6.07, 6.45) is 1.80. The van der Waals surface area contributed by atoms with Crippen LogP contribution in [0.25, 0.3) is 0 Å². The minimum Gasteiger partial charge on any atom is -0.354 e. The summed E-state index contributed by atoms with van der Waals surface area (Å²) in [6.45, 7) is 11.5. The van der Waals surface area contributed by atoms with Crippen LogP contribution >= 0.6 is 11.6 Å². The van der Waals surface area contributed by atoms with Gasteiger partial charge in [0.2, 0.25) is 5.95 Å². The summed E-state index contributed by atoms with van der Waals surface area (Å²) in [4.78, 5) is 13.8. The molecule has 0 unspecified atom stereocenters. The third-order valence-corrected chi connectivity index (χ3v) is 4.75. The van der Waals surface area contributed by atoms with Crippen molar-refractivity contribution in [3.05, 3.63) is 40.5 Å². The van der Waals surface area contributed by atoms with Gasteiger partial charge < -0.3 is 15.1 Å². The zero-order valence-electron chi connectivity index (χ0n) is 14.5. The molecule has 0 saturated carbocycles. The maximum Gasteiger partial charge on any atom is 0.229 e. The quantitative estimate of drug-likeness (QED) is 0.916. The van der Waals surface area contributed by atoms with Gasteiger partial charge in [0, 0.05) is 32.4 Å². The average molecular weight is 346 g/mol. The van der Waals surface area contributed by atoms with E-state index in [-0.39, 0.29) is 0 Å². The molecule has 0 amide bonds. The lowest BCUT2D eigenvalue weighted by Crippen LogP contribution is -2.46. The Labute approximate surface area is 148 Å². The van der Waals surface area contributed by atoms with Crippen molar-refractivity contribution in [2.24, 2.45) is 0 Å². The molecule has 6 heteroatoms. The molecule has 0 aliphatic carbocycles. The summed E-state index contributed by atoms with van der Waals surface area (Å²) < 4.78 is 0. The molecule has 2 heterocycles. The van der Waals surface area contributed by atoms with Gasteiger partial charge in [0.1, 0.15) is 5.82 Å². The van der Waals surface area contributed by atoms with Crippen molar-refractivity contribution >= 4 is 29.1 Å². The SMILES string of the molecule is CCN1CCN(c2ccnc(Nc3c(C)cc(C)cc3Cl)n2)CC1. The normalized spacial score (nSPS) is 15.6. The summed E-state index contributed by atoms with van der Waals surface area (Å²) in [7, 11) is 0. The lowest BCUT2D eigenvalue weighted by atomic mass is 10.1. The van der Waals surface area contributed by atoms with Gasteiger partial charge in [-0.25, -0.2) is 4.98 Å². The molecule has 2 aromatic rings. The highest BCUT2D eigenvalue weighted by Gasteiger charge is 2.17. The molecule has 0 radical (unpaired) electrons. The van der Waals surface area contributed by atoms with Gasteiger partial charge >= 0.3 is 0 Å². The van der Waals surface area contributed by atoms with Gasteiger partial charge in [-0.2, -0.15) is 4.98 Å². The summed E-state index contributed by atoms with van der Waals surface area (Å²) >= 11 is 6.37. The Morgan fingerprint density at radius 2 is 1.92 bits per heavy atom. The largest absolute Gasteiger partial charge is 0.354 e. The fourth-order valence-electron chi connectivity index (χ4n) is 3.06. The van der Waals surface area contributed by atoms with E-state index in [0.717, 1.165) is 55.4 Å². The predicted octanol–water partition coefficient (Wildman–Crippen LogP) is 3.63. The first-order valence-electron chi connectivity index (χ1n) is 8.41. The Morgan fingerprint density at radius 3 is 2.58 bits per heavy atom. The number of anilines is 3. The van der Waals surface area contributed by atoms with Gasteiger partial charge in [0.15, 0.2) is 0 Å². The molecule has 128 valence electrons. The van der Waals surface area contributed by atoms with Crippen LogP contribution in [0.2, 0.25) is 5.02 Å². The maximum atomic E-state index is 6.37. The molecule has 3 rings (SSSR count). The second-order valence-corrected chi connectivity index (χ2v) is 6.63. The summed E-state index contributed by atoms with van der Waals surface area (Å²) in [5.74, 6) is 1.54. The average Bonchev–Trinajstić information content (AvgIpc) is 2.58. The van der Waals surface area contributed by atoms with Crippen molar-refractivity contribution in [1.82, 2.24) is 14.9 Å². The molecular weight excluding hydrogens is 322 g/mol. The third-order valence-electron chi connectivity index (χ3n) is 4.45. The van der Waals surface area contributed by atoms with Crippen LogP contribution in [0.3, 0.4) is 0 Å². The third kappa shape index (κ3) is 3.79. The van der Waals surface area contributed by atoms with E-state index in [1.807, 2.05) is 26.0 Å². The molecule has 1 fully saturated rings. The van der Waals surface area contributed by atoms with Gasteiger partial charge in [-0.1, -0.05) is 24.6 Å². The number of benzene rings is 1. The van der Waals surface area contributed by atoms with E-state index < -0.39 is 0 Å². The predicted molar refractivity (Wildman–Crippen MR) is 101 cm³/mol. The fourth-order valence-corrected chi connectivity index (χ4v) is 3.43. The molecule has 1 saturated heterocycles. The second kappa shape index (κ2) is 7.36. The van der Waals surface area contributed by atoms with Gasteiger partial charge in [0.05, 0.1) is 10.7 Å².